The summed E-state index contributed by atoms with van der Waals surface area (Å²) in [7, 11) is 0. The number of nitrogens with one attached hydrogen (secondary N) is 1. The normalized spacial score (nSPS) is 29.4. The van der Waals surface area contributed by atoms with E-state index < -0.39 is 0 Å². The average molecular weight is 169 g/mol. The van der Waals surface area contributed by atoms with E-state index in [4.69, 9.17) is 4.74 Å². The Labute approximate surface area is 72.8 Å². The number of amides is 1. The van der Waals surface area contributed by atoms with Crippen molar-refractivity contribution in [3.8, 4) is 0 Å². The van der Waals surface area contributed by atoms with Crippen molar-refractivity contribution in [2.24, 2.45) is 5.92 Å². The van der Waals surface area contributed by atoms with Crippen molar-refractivity contribution in [1.82, 2.24) is 5.32 Å². The van der Waals surface area contributed by atoms with Gasteiger partial charge in [0.1, 0.15) is 0 Å². The standard InChI is InChI=1S/C9H15NO2/c1-3-9(11)10-8-4-5-12-6-7(8)2/h3,7-8H,1,4-6H2,2H3,(H,10,11)/t7-,8+/m1/s1. The van der Waals surface area contributed by atoms with Gasteiger partial charge in [0.2, 0.25) is 5.91 Å². The van der Waals surface area contributed by atoms with Gasteiger partial charge in [-0.15, -0.1) is 0 Å². The lowest BCUT2D eigenvalue weighted by atomic mass is 9.98. The Bertz CT molecular complexity index is 179. The molecule has 0 saturated carbocycles. The van der Waals surface area contributed by atoms with E-state index in [-0.39, 0.29) is 11.9 Å². The molecule has 68 valence electrons. The first-order chi connectivity index (χ1) is 5.74. The van der Waals surface area contributed by atoms with Gasteiger partial charge in [0.05, 0.1) is 6.61 Å². The summed E-state index contributed by atoms with van der Waals surface area (Å²) in [5.74, 6) is 0.316. The van der Waals surface area contributed by atoms with Gasteiger partial charge < -0.3 is 10.1 Å². The zero-order valence-electron chi connectivity index (χ0n) is 7.38. The molecule has 0 bridgehead atoms. The van der Waals surface area contributed by atoms with Crippen LogP contribution in [0.1, 0.15) is 13.3 Å². The zero-order valence-corrected chi connectivity index (χ0v) is 7.38. The number of hydrogen-bond donors (Lipinski definition) is 1. The molecule has 1 amide bonds. The molecule has 1 aliphatic rings. The summed E-state index contributed by atoms with van der Waals surface area (Å²) in [6.07, 6.45) is 2.21. The van der Waals surface area contributed by atoms with Crippen molar-refractivity contribution in [2.75, 3.05) is 13.2 Å². The highest BCUT2D eigenvalue weighted by Gasteiger charge is 2.22. The number of rotatable bonds is 2. The lowest BCUT2D eigenvalue weighted by molar-refractivity contribution is -0.118. The van der Waals surface area contributed by atoms with Crippen LogP contribution in [-0.2, 0) is 9.53 Å². The van der Waals surface area contributed by atoms with Crippen molar-refractivity contribution in [3.05, 3.63) is 12.7 Å². The van der Waals surface area contributed by atoms with Gasteiger partial charge in [0, 0.05) is 12.6 Å². The fourth-order valence-corrected chi connectivity index (χ4v) is 1.34. The van der Waals surface area contributed by atoms with Crippen LogP contribution in [0.25, 0.3) is 0 Å². The summed E-state index contributed by atoms with van der Waals surface area (Å²) in [4.78, 5) is 11.0. The Hall–Kier alpha value is -0.830. The number of ether oxygens (including phenoxy) is 1. The molecule has 0 unspecified atom stereocenters. The summed E-state index contributed by atoms with van der Waals surface area (Å²) < 4.78 is 5.25. The Morgan fingerprint density at radius 3 is 3.08 bits per heavy atom. The smallest absolute Gasteiger partial charge is 0.243 e. The molecule has 2 atom stereocenters. The molecule has 1 rings (SSSR count). The second kappa shape index (κ2) is 4.26. The minimum absolute atomic E-state index is 0.0891. The maximum Gasteiger partial charge on any atom is 0.243 e. The van der Waals surface area contributed by atoms with Gasteiger partial charge in [-0.25, -0.2) is 0 Å². The molecular formula is C9H15NO2. The third-order valence-electron chi connectivity index (χ3n) is 2.15. The van der Waals surface area contributed by atoms with Crippen LogP contribution in [0, 0.1) is 5.92 Å². The van der Waals surface area contributed by atoms with Crippen LogP contribution in [-0.4, -0.2) is 25.2 Å². The highest BCUT2D eigenvalue weighted by molar-refractivity contribution is 5.87. The van der Waals surface area contributed by atoms with Crippen molar-refractivity contribution >= 4 is 5.91 Å². The molecule has 0 spiro atoms. The molecule has 1 fully saturated rings. The fourth-order valence-electron chi connectivity index (χ4n) is 1.34. The largest absolute Gasteiger partial charge is 0.381 e. The number of carbonyl (C=O) groups is 1. The molecule has 0 aliphatic carbocycles. The SMILES string of the molecule is C=CC(=O)N[C@H]1CCOC[C@H]1C. The predicted octanol–water partition coefficient (Wildman–Crippen LogP) is 0.714. The van der Waals surface area contributed by atoms with E-state index in [0.29, 0.717) is 5.92 Å². The molecule has 1 aliphatic heterocycles. The van der Waals surface area contributed by atoms with Gasteiger partial charge in [-0.05, 0) is 18.4 Å². The fraction of sp³-hybridized carbons (Fsp3) is 0.667. The van der Waals surface area contributed by atoms with E-state index in [1.807, 2.05) is 0 Å². The van der Waals surface area contributed by atoms with Gasteiger partial charge in [-0.2, -0.15) is 0 Å². The average Bonchev–Trinajstić information content (AvgIpc) is 2.09. The number of hydrogen-bond acceptors (Lipinski definition) is 2. The second-order valence-electron chi connectivity index (χ2n) is 3.16. The van der Waals surface area contributed by atoms with E-state index in [1.54, 1.807) is 0 Å². The Morgan fingerprint density at radius 2 is 2.50 bits per heavy atom. The van der Waals surface area contributed by atoms with Crippen LogP contribution in [0.5, 0.6) is 0 Å². The summed E-state index contributed by atoms with van der Waals surface area (Å²) in [5.41, 5.74) is 0. The molecule has 1 N–H and O–H groups in total. The third kappa shape index (κ3) is 2.34. The first-order valence-corrected chi connectivity index (χ1v) is 4.24. The molecule has 3 heteroatoms. The van der Waals surface area contributed by atoms with E-state index in [9.17, 15) is 4.79 Å². The first-order valence-electron chi connectivity index (χ1n) is 4.24. The Kier molecular flexibility index (Phi) is 3.29. The van der Waals surface area contributed by atoms with Crippen LogP contribution in [0.2, 0.25) is 0 Å². The minimum atomic E-state index is -0.0891. The molecule has 0 radical (unpaired) electrons. The Morgan fingerprint density at radius 1 is 1.75 bits per heavy atom. The quantitative estimate of drug-likeness (QED) is 0.618. The zero-order chi connectivity index (χ0) is 8.97. The van der Waals surface area contributed by atoms with Crippen molar-refractivity contribution < 1.29 is 9.53 Å². The van der Waals surface area contributed by atoms with Crippen molar-refractivity contribution in [3.63, 3.8) is 0 Å². The lowest BCUT2D eigenvalue weighted by Gasteiger charge is -2.29. The van der Waals surface area contributed by atoms with E-state index >= 15 is 0 Å². The molecule has 12 heavy (non-hydrogen) atoms. The topological polar surface area (TPSA) is 38.3 Å². The molecule has 0 aromatic rings. The van der Waals surface area contributed by atoms with Crippen molar-refractivity contribution in [2.45, 2.75) is 19.4 Å². The van der Waals surface area contributed by atoms with Gasteiger partial charge in [-0.3, -0.25) is 4.79 Å². The van der Waals surface area contributed by atoms with Crippen LogP contribution in [0.3, 0.4) is 0 Å². The summed E-state index contributed by atoms with van der Waals surface area (Å²) in [6.45, 7) is 6.97. The minimum Gasteiger partial charge on any atom is -0.381 e. The van der Waals surface area contributed by atoms with Crippen LogP contribution < -0.4 is 5.32 Å². The predicted molar refractivity (Wildman–Crippen MR) is 46.7 cm³/mol. The molecule has 3 nitrogen and oxygen atoms in total. The number of carbonyl (C=O) groups excluding carboxylic acids is 1. The van der Waals surface area contributed by atoms with Crippen LogP contribution >= 0.6 is 0 Å². The highest BCUT2D eigenvalue weighted by Crippen LogP contribution is 2.13. The molecule has 0 aromatic heterocycles. The second-order valence-corrected chi connectivity index (χ2v) is 3.16. The molecule has 1 heterocycles. The molecule has 0 aromatic carbocycles. The Balaban J connectivity index is 2.38. The summed E-state index contributed by atoms with van der Waals surface area (Å²) >= 11 is 0. The first kappa shape index (κ1) is 9.26. The van der Waals surface area contributed by atoms with Gasteiger partial charge in [0.15, 0.2) is 0 Å². The summed E-state index contributed by atoms with van der Waals surface area (Å²) in [6, 6.07) is 0.254. The highest BCUT2D eigenvalue weighted by atomic mass is 16.5. The molecular weight excluding hydrogens is 154 g/mol. The van der Waals surface area contributed by atoms with Crippen LogP contribution in [0.4, 0.5) is 0 Å². The summed E-state index contributed by atoms with van der Waals surface area (Å²) in [5, 5.41) is 2.88. The van der Waals surface area contributed by atoms with Gasteiger partial charge in [-0.1, -0.05) is 13.5 Å². The van der Waals surface area contributed by atoms with E-state index in [2.05, 4.69) is 18.8 Å². The van der Waals surface area contributed by atoms with E-state index in [1.165, 1.54) is 6.08 Å². The lowest BCUT2D eigenvalue weighted by Crippen LogP contribution is -2.43. The van der Waals surface area contributed by atoms with E-state index in [0.717, 1.165) is 19.6 Å². The molecule has 1 saturated heterocycles. The maximum absolute atomic E-state index is 11.0. The van der Waals surface area contributed by atoms with Gasteiger partial charge >= 0.3 is 0 Å². The monoisotopic (exact) mass is 169 g/mol. The van der Waals surface area contributed by atoms with Crippen LogP contribution in [0.15, 0.2) is 12.7 Å². The van der Waals surface area contributed by atoms with Crippen molar-refractivity contribution in [1.29, 1.82) is 0 Å². The maximum atomic E-state index is 11.0. The van der Waals surface area contributed by atoms with Gasteiger partial charge in [0.25, 0.3) is 0 Å². The third-order valence-corrected chi connectivity index (χ3v) is 2.15.